The van der Waals surface area contributed by atoms with Crippen LogP contribution in [0.2, 0.25) is 0 Å². The van der Waals surface area contributed by atoms with Gasteiger partial charge in [0.05, 0.1) is 11.4 Å². The molecule has 1 aliphatic rings. The monoisotopic (exact) mass is 380 g/mol. The molecule has 0 bridgehead atoms. The lowest BCUT2D eigenvalue weighted by Gasteiger charge is -2.42. The second-order valence-electron chi connectivity index (χ2n) is 7.45. The van der Waals surface area contributed by atoms with Gasteiger partial charge in [-0.2, -0.15) is 0 Å². The number of hydrogen-bond acceptors (Lipinski definition) is 3. The summed E-state index contributed by atoms with van der Waals surface area (Å²) in [4.78, 5) is 7.22. The van der Waals surface area contributed by atoms with E-state index in [2.05, 4.69) is 31.0 Å². The van der Waals surface area contributed by atoms with Crippen molar-refractivity contribution in [1.82, 2.24) is 10.2 Å². The Labute approximate surface area is 157 Å². The molecule has 3 N–H and O–H groups in total. The van der Waals surface area contributed by atoms with Gasteiger partial charge in [-0.05, 0) is 49.3 Å². The predicted octanol–water partition coefficient (Wildman–Crippen LogP) is 2.70. The van der Waals surface area contributed by atoms with Crippen LogP contribution in [0, 0.1) is 5.41 Å². The summed E-state index contributed by atoms with van der Waals surface area (Å²) in [5.74, 6) is 0.899. The number of nitrogens with one attached hydrogen (secondary N) is 1. The summed E-state index contributed by atoms with van der Waals surface area (Å²) < 4.78 is 23.1. The van der Waals surface area contributed by atoms with E-state index in [-0.39, 0.29) is 4.90 Å². The number of hydrogen-bond donors (Lipinski definition) is 2. The number of guanidine groups is 1. The van der Waals surface area contributed by atoms with Gasteiger partial charge in [0.25, 0.3) is 0 Å². The van der Waals surface area contributed by atoms with Gasteiger partial charge in [0.1, 0.15) is 0 Å². The van der Waals surface area contributed by atoms with Crippen molar-refractivity contribution in [1.29, 1.82) is 0 Å². The van der Waals surface area contributed by atoms with Crippen molar-refractivity contribution < 1.29 is 8.42 Å². The summed E-state index contributed by atoms with van der Waals surface area (Å²) in [6, 6.07) is 6.68. The van der Waals surface area contributed by atoms with E-state index >= 15 is 0 Å². The number of likely N-dealkylation sites (tertiary alicyclic amines) is 1. The Kier molecular flexibility index (Phi) is 7.06. The molecule has 0 radical (unpaired) electrons. The minimum absolute atomic E-state index is 0.128. The van der Waals surface area contributed by atoms with Crippen molar-refractivity contribution in [2.45, 2.75) is 57.9 Å². The highest BCUT2D eigenvalue weighted by molar-refractivity contribution is 7.89. The van der Waals surface area contributed by atoms with E-state index in [1.807, 2.05) is 6.07 Å². The molecule has 1 unspecified atom stereocenters. The first kappa shape index (κ1) is 20.7. The van der Waals surface area contributed by atoms with E-state index in [1.54, 1.807) is 12.1 Å². The van der Waals surface area contributed by atoms with Crippen LogP contribution >= 0.6 is 0 Å². The molecule has 26 heavy (non-hydrogen) atoms. The number of sulfonamides is 1. The Balaban J connectivity index is 2.16. The van der Waals surface area contributed by atoms with Crippen molar-refractivity contribution in [2.24, 2.45) is 15.5 Å². The molecule has 0 aromatic heterocycles. The minimum atomic E-state index is -3.69. The highest BCUT2D eigenvalue weighted by Crippen LogP contribution is 2.33. The summed E-state index contributed by atoms with van der Waals surface area (Å²) in [6.07, 6.45) is 4.84. The number of nitrogens with two attached hydrogens (primary N) is 1. The lowest BCUT2D eigenvalue weighted by Crippen LogP contribution is -2.49. The third-order valence-electron chi connectivity index (χ3n) is 4.91. The van der Waals surface area contributed by atoms with Crippen molar-refractivity contribution in [2.75, 3.05) is 19.6 Å². The van der Waals surface area contributed by atoms with Crippen LogP contribution in [-0.2, 0) is 16.6 Å². The summed E-state index contributed by atoms with van der Waals surface area (Å²) in [5.41, 5.74) is 1.16. The summed E-state index contributed by atoms with van der Waals surface area (Å²) in [6.45, 7) is 9.89. The van der Waals surface area contributed by atoms with E-state index in [0.29, 0.717) is 12.0 Å². The summed E-state index contributed by atoms with van der Waals surface area (Å²) in [5, 5.41) is 8.60. The zero-order valence-electron chi connectivity index (χ0n) is 16.2. The van der Waals surface area contributed by atoms with Gasteiger partial charge in [0.2, 0.25) is 10.0 Å². The molecule has 1 fully saturated rings. The Morgan fingerprint density at radius 2 is 2.15 bits per heavy atom. The van der Waals surface area contributed by atoms with E-state index in [0.717, 1.165) is 31.2 Å². The van der Waals surface area contributed by atoms with Gasteiger partial charge in [-0.3, -0.25) is 0 Å². The van der Waals surface area contributed by atoms with Gasteiger partial charge >= 0.3 is 0 Å². The van der Waals surface area contributed by atoms with Crippen molar-refractivity contribution in [3.8, 4) is 0 Å². The highest BCUT2D eigenvalue weighted by Gasteiger charge is 2.31. The molecule has 7 heteroatoms. The molecule has 1 aromatic rings. The molecule has 1 saturated heterocycles. The number of benzene rings is 1. The van der Waals surface area contributed by atoms with Crippen LogP contribution in [0.25, 0.3) is 0 Å². The van der Waals surface area contributed by atoms with Crippen LogP contribution in [0.4, 0.5) is 0 Å². The van der Waals surface area contributed by atoms with Crippen molar-refractivity contribution >= 4 is 16.0 Å². The molecular weight excluding hydrogens is 348 g/mol. The summed E-state index contributed by atoms with van der Waals surface area (Å²) in [7, 11) is -3.69. The van der Waals surface area contributed by atoms with Gasteiger partial charge in [-0.15, -0.1) is 0 Å². The Morgan fingerprint density at radius 1 is 1.38 bits per heavy atom. The van der Waals surface area contributed by atoms with Gasteiger partial charge in [0, 0.05) is 19.6 Å². The van der Waals surface area contributed by atoms with Crippen LogP contribution in [-0.4, -0.2) is 38.9 Å². The lowest BCUT2D eigenvalue weighted by molar-refractivity contribution is 0.142. The molecule has 0 amide bonds. The van der Waals surface area contributed by atoms with Crippen LogP contribution in [0.5, 0.6) is 0 Å². The number of primary sulfonamides is 1. The average Bonchev–Trinajstić information content (AvgIpc) is 2.58. The van der Waals surface area contributed by atoms with E-state index in [9.17, 15) is 8.42 Å². The number of nitrogens with zero attached hydrogens (tertiary/aromatic N) is 2. The van der Waals surface area contributed by atoms with Crippen LogP contribution in [0.3, 0.4) is 0 Å². The standard InChI is InChI=1S/C19H32N4O2S/c1-4-10-19(3)11-7-12-23(15-19)18(21-5-2)22-14-16-8-6-9-17(13-16)26(20,24)25/h6,8-9,13H,4-5,7,10-12,14-15H2,1-3H3,(H,21,22)(H2,20,24,25). The first-order valence-electron chi connectivity index (χ1n) is 9.42. The topological polar surface area (TPSA) is 87.8 Å². The van der Waals surface area contributed by atoms with Crippen LogP contribution in [0.15, 0.2) is 34.2 Å². The first-order chi connectivity index (χ1) is 12.3. The second kappa shape index (κ2) is 8.86. The number of rotatable bonds is 6. The molecule has 1 aliphatic heterocycles. The zero-order chi connectivity index (χ0) is 19.2. The molecule has 1 atom stereocenters. The van der Waals surface area contributed by atoms with Gasteiger partial charge < -0.3 is 10.2 Å². The maximum absolute atomic E-state index is 11.5. The predicted molar refractivity (Wildman–Crippen MR) is 106 cm³/mol. The molecule has 0 spiro atoms. The molecule has 0 aliphatic carbocycles. The van der Waals surface area contributed by atoms with E-state index in [4.69, 9.17) is 10.1 Å². The van der Waals surface area contributed by atoms with Crippen molar-refractivity contribution in [3.05, 3.63) is 29.8 Å². The van der Waals surface area contributed by atoms with Gasteiger partial charge in [-0.25, -0.2) is 18.5 Å². The highest BCUT2D eigenvalue weighted by atomic mass is 32.2. The quantitative estimate of drug-likeness (QED) is 0.587. The largest absolute Gasteiger partial charge is 0.357 e. The maximum Gasteiger partial charge on any atom is 0.238 e. The number of aliphatic imine (C=N–C) groups is 1. The second-order valence-corrected chi connectivity index (χ2v) is 9.01. The van der Waals surface area contributed by atoms with Crippen LogP contribution in [0.1, 0.15) is 52.0 Å². The van der Waals surface area contributed by atoms with Crippen molar-refractivity contribution in [3.63, 3.8) is 0 Å². The molecule has 6 nitrogen and oxygen atoms in total. The van der Waals surface area contributed by atoms with E-state index in [1.165, 1.54) is 31.7 Å². The van der Waals surface area contributed by atoms with Gasteiger partial charge in [-0.1, -0.05) is 32.4 Å². The van der Waals surface area contributed by atoms with E-state index < -0.39 is 10.0 Å². The van der Waals surface area contributed by atoms with Crippen LogP contribution < -0.4 is 10.5 Å². The zero-order valence-corrected chi connectivity index (χ0v) is 17.0. The summed E-state index contributed by atoms with van der Waals surface area (Å²) >= 11 is 0. The molecule has 146 valence electrons. The minimum Gasteiger partial charge on any atom is -0.357 e. The van der Waals surface area contributed by atoms with Gasteiger partial charge in [0.15, 0.2) is 5.96 Å². The molecule has 2 rings (SSSR count). The molecule has 0 saturated carbocycles. The molecule has 1 aromatic carbocycles. The Hall–Kier alpha value is -1.60. The first-order valence-corrected chi connectivity index (χ1v) is 11.0. The fourth-order valence-corrected chi connectivity index (χ4v) is 4.30. The third-order valence-corrected chi connectivity index (χ3v) is 5.82. The molecular formula is C19H32N4O2S. The Bertz CT molecular complexity index is 729. The smallest absolute Gasteiger partial charge is 0.238 e. The fourth-order valence-electron chi connectivity index (χ4n) is 3.72. The number of piperidine rings is 1. The lowest BCUT2D eigenvalue weighted by atomic mass is 9.78. The average molecular weight is 381 g/mol. The maximum atomic E-state index is 11.5. The SMILES string of the molecule is CCCC1(C)CCCN(C(=NCc2cccc(S(N)(=O)=O)c2)NCC)C1. The normalized spacial score (nSPS) is 21.7. The molecule has 1 heterocycles. The fraction of sp³-hybridized carbons (Fsp3) is 0.632. The third kappa shape index (κ3) is 5.71. The Morgan fingerprint density at radius 3 is 2.81 bits per heavy atom.